The number of carbonyl (C=O) groups is 2. The Morgan fingerprint density at radius 1 is 1.04 bits per heavy atom. The second-order valence-electron chi connectivity index (χ2n) is 6.04. The van der Waals surface area contributed by atoms with E-state index in [1.165, 1.54) is 5.56 Å². The van der Waals surface area contributed by atoms with Gasteiger partial charge in [-0.25, -0.2) is 4.79 Å². The van der Waals surface area contributed by atoms with Gasteiger partial charge in [-0.1, -0.05) is 37.3 Å². The molecule has 0 aliphatic rings. The quantitative estimate of drug-likeness (QED) is 0.605. The van der Waals surface area contributed by atoms with Gasteiger partial charge < -0.3 is 20.9 Å². The predicted octanol–water partition coefficient (Wildman–Crippen LogP) is 1.37. The molecule has 0 fully saturated rings. The monoisotopic (exact) mass is 334 g/mol. The molecule has 6 nitrogen and oxygen atoms in total. The van der Waals surface area contributed by atoms with E-state index >= 15 is 0 Å². The Labute approximate surface area is 145 Å². The van der Waals surface area contributed by atoms with Gasteiger partial charge in [0, 0.05) is 32.1 Å². The molecule has 1 rings (SSSR count). The maximum atomic E-state index is 11.8. The molecule has 1 unspecified atom stereocenters. The van der Waals surface area contributed by atoms with Crippen molar-refractivity contribution in [3.05, 3.63) is 35.9 Å². The number of benzene rings is 1. The fourth-order valence-electron chi connectivity index (χ4n) is 2.24. The summed E-state index contributed by atoms with van der Waals surface area (Å²) in [5, 5.41) is 8.38. The molecular weight excluding hydrogens is 304 g/mol. The first kappa shape index (κ1) is 20.0. The van der Waals surface area contributed by atoms with Crippen LogP contribution in [0.1, 0.15) is 25.3 Å². The van der Waals surface area contributed by atoms with Crippen LogP contribution in [-0.4, -0.2) is 56.6 Å². The number of hydrogen-bond donors (Lipinski definition) is 3. The summed E-state index contributed by atoms with van der Waals surface area (Å²) in [6, 6.07) is 10.2. The minimum Gasteiger partial charge on any atom is -0.356 e. The average molecular weight is 334 g/mol. The molecule has 0 radical (unpaired) electrons. The van der Waals surface area contributed by atoms with Gasteiger partial charge in [0.1, 0.15) is 0 Å². The Kier molecular flexibility index (Phi) is 9.53. The Hall–Kier alpha value is -2.08. The van der Waals surface area contributed by atoms with Crippen molar-refractivity contribution in [2.75, 3.05) is 33.7 Å². The molecule has 1 aromatic carbocycles. The van der Waals surface area contributed by atoms with Crippen molar-refractivity contribution in [1.82, 2.24) is 20.9 Å². The summed E-state index contributed by atoms with van der Waals surface area (Å²) in [7, 11) is 4.01. The molecular formula is C18H30N4O2. The highest BCUT2D eigenvalue weighted by Gasteiger charge is 2.13. The van der Waals surface area contributed by atoms with E-state index in [1.807, 2.05) is 39.2 Å². The number of hydrogen-bond acceptors (Lipinski definition) is 3. The van der Waals surface area contributed by atoms with Crippen LogP contribution in [0.2, 0.25) is 0 Å². The molecule has 0 bridgehead atoms. The van der Waals surface area contributed by atoms with Crippen LogP contribution in [0, 0.1) is 0 Å². The number of likely N-dealkylation sites (N-methyl/N-ethyl adjacent to an activating group) is 1. The lowest BCUT2D eigenvalue weighted by molar-refractivity contribution is -0.120. The van der Waals surface area contributed by atoms with E-state index in [-0.39, 0.29) is 18.0 Å². The fourth-order valence-corrected chi connectivity index (χ4v) is 2.24. The second kappa shape index (κ2) is 11.5. The van der Waals surface area contributed by atoms with Gasteiger partial charge in [0.05, 0.1) is 0 Å². The van der Waals surface area contributed by atoms with Crippen molar-refractivity contribution < 1.29 is 9.59 Å². The van der Waals surface area contributed by atoms with Crippen LogP contribution in [0.15, 0.2) is 30.3 Å². The van der Waals surface area contributed by atoms with Crippen LogP contribution in [0.3, 0.4) is 0 Å². The lowest BCUT2D eigenvalue weighted by Crippen LogP contribution is -2.45. The zero-order chi connectivity index (χ0) is 17.8. The minimum atomic E-state index is -0.238. The summed E-state index contributed by atoms with van der Waals surface area (Å²) >= 11 is 0. The summed E-state index contributed by atoms with van der Waals surface area (Å²) < 4.78 is 0. The van der Waals surface area contributed by atoms with Crippen LogP contribution < -0.4 is 16.0 Å². The molecule has 1 aromatic rings. The maximum absolute atomic E-state index is 11.8. The normalized spacial score (nSPS) is 11.8. The highest BCUT2D eigenvalue weighted by Crippen LogP contribution is 2.06. The first-order valence-corrected chi connectivity index (χ1v) is 8.51. The molecule has 3 amide bonds. The van der Waals surface area contributed by atoms with Crippen LogP contribution in [0.25, 0.3) is 0 Å². The summed E-state index contributed by atoms with van der Waals surface area (Å²) in [5.41, 5.74) is 1.24. The van der Waals surface area contributed by atoms with Gasteiger partial charge in [0.15, 0.2) is 0 Å². The third-order valence-corrected chi connectivity index (χ3v) is 3.75. The number of nitrogens with one attached hydrogen (secondary N) is 3. The molecule has 0 aromatic heterocycles. The summed E-state index contributed by atoms with van der Waals surface area (Å²) in [6.45, 7) is 3.57. The first-order valence-electron chi connectivity index (χ1n) is 8.51. The van der Waals surface area contributed by atoms with E-state index in [2.05, 4.69) is 33.0 Å². The molecule has 0 spiro atoms. The molecule has 0 saturated heterocycles. The van der Waals surface area contributed by atoms with Gasteiger partial charge in [-0.15, -0.1) is 0 Å². The van der Waals surface area contributed by atoms with Gasteiger partial charge in [0.25, 0.3) is 0 Å². The van der Waals surface area contributed by atoms with E-state index in [0.29, 0.717) is 26.1 Å². The number of nitrogens with zero attached hydrogens (tertiary/aromatic N) is 1. The van der Waals surface area contributed by atoms with Crippen molar-refractivity contribution in [3.8, 4) is 0 Å². The Morgan fingerprint density at radius 2 is 1.75 bits per heavy atom. The Balaban J connectivity index is 2.28. The van der Waals surface area contributed by atoms with Gasteiger partial charge in [0.2, 0.25) is 5.91 Å². The van der Waals surface area contributed by atoms with Crippen LogP contribution >= 0.6 is 0 Å². The molecule has 134 valence electrons. The van der Waals surface area contributed by atoms with E-state index < -0.39 is 0 Å². The standard InChI is InChI=1S/C18H30N4O2/c1-4-11-19-17(23)10-12-20-18(24)21-14-16(22(2)3)13-15-8-6-5-7-9-15/h5-9,16H,4,10-14H2,1-3H3,(H,19,23)(H2,20,21,24). The van der Waals surface area contributed by atoms with Crippen LogP contribution in [0.4, 0.5) is 4.79 Å². The molecule has 1 atom stereocenters. The van der Waals surface area contributed by atoms with Gasteiger partial charge in [-0.05, 0) is 32.5 Å². The van der Waals surface area contributed by atoms with E-state index in [0.717, 1.165) is 12.8 Å². The van der Waals surface area contributed by atoms with Gasteiger partial charge >= 0.3 is 6.03 Å². The number of rotatable bonds is 10. The zero-order valence-corrected chi connectivity index (χ0v) is 15.0. The molecule has 0 saturated carbocycles. The third kappa shape index (κ3) is 8.53. The SMILES string of the molecule is CCCNC(=O)CCNC(=O)NCC(Cc1ccccc1)N(C)C. The Bertz CT molecular complexity index is 491. The van der Waals surface area contributed by atoms with E-state index in [1.54, 1.807) is 0 Å². The zero-order valence-electron chi connectivity index (χ0n) is 15.0. The molecule has 0 aliphatic carbocycles. The minimum absolute atomic E-state index is 0.0348. The summed E-state index contributed by atoms with van der Waals surface area (Å²) in [5.74, 6) is -0.0348. The largest absolute Gasteiger partial charge is 0.356 e. The lowest BCUT2D eigenvalue weighted by Gasteiger charge is -2.24. The van der Waals surface area contributed by atoms with Crippen molar-refractivity contribution in [1.29, 1.82) is 0 Å². The Morgan fingerprint density at radius 3 is 2.38 bits per heavy atom. The second-order valence-corrected chi connectivity index (χ2v) is 6.04. The summed E-state index contributed by atoms with van der Waals surface area (Å²) in [4.78, 5) is 25.4. The predicted molar refractivity (Wildman–Crippen MR) is 96.9 cm³/mol. The average Bonchev–Trinajstić information content (AvgIpc) is 2.57. The number of urea groups is 1. The van der Waals surface area contributed by atoms with E-state index in [9.17, 15) is 9.59 Å². The molecule has 0 heterocycles. The number of carbonyl (C=O) groups excluding carboxylic acids is 2. The van der Waals surface area contributed by atoms with Gasteiger partial charge in [-0.3, -0.25) is 4.79 Å². The van der Waals surface area contributed by atoms with Crippen molar-refractivity contribution in [2.45, 2.75) is 32.2 Å². The topological polar surface area (TPSA) is 73.5 Å². The highest BCUT2D eigenvalue weighted by molar-refractivity contribution is 5.78. The lowest BCUT2D eigenvalue weighted by atomic mass is 10.1. The van der Waals surface area contributed by atoms with Crippen LogP contribution in [-0.2, 0) is 11.2 Å². The molecule has 0 aliphatic heterocycles. The van der Waals surface area contributed by atoms with Gasteiger partial charge in [-0.2, -0.15) is 0 Å². The summed E-state index contributed by atoms with van der Waals surface area (Å²) in [6.07, 6.45) is 2.08. The molecule has 24 heavy (non-hydrogen) atoms. The van der Waals surface area contributed by atoms with Crippen molar-refractivity contribution >= 4 is 11.9 Å². The molecule has 6 heteroatoms. The van der Waals surface area contributed by atoms with Crippen molar-refractivity contribution in [3.63, 3.8) is 0 Å². The molecule has 3 N–H and O–H groups in total. The highest BCUT2D eigenvalue weighted by atomic mass is 16.2. The number of amides is 3. The maximum Gasteiger partial charge on any atom is 0.314 e. The van der Waals surface area contributed by atoms with Crippen LogP contribution in [0.5, 0.6) is 0 Å². The smallest absolute Gasteiger partial charge is 0.314 e. The third-order valence-electron chi connectivity index (χ3n) is 3.75. The van der Waals surface area contributed by atoms with E-state index in [4.69, 9.17) is 0 Å². The van der Waals surface area contributed by atoms with Crippen molar-refractivity contribution in [2.24, 2.45) is 0 Å². The first-order chi connectivity index (χ1) is 11.5. The fraction of sp³-hybridized carbons (Fsp3) is 0.556.